The molecule has 0 amide bonds. The Hall–Kier alpha value is -2.24. The van der Waals surface area contributed by atoms with E-state index in [4.69, 9.17) is 9.47 Å². The molecule has 0 saturated carbocycles. The Balaban J connectivity index is 2.01. The highest BCUT2D eigenvalue weighted by molar-refractivity contribution is 5.53. The first kappa shape index (κ1) is 19.1. The number of nitriles is 2. The van der Waals surface area contributed by atoms with E-state index in [1.54, 1.807) is 14.2 Å². The van der Waals surface area contributed by atoms with Crippen LogP contribution in [0, 0.1) is 34.0 Å². The van der Waals surface area contributed by atoms with E-state index in [0.29, 0.717) is 12.5 Å². The van der Waals surface area contributed by atoms with Gasteiger partial charge >= 0.3 is 0 Å². The van der Waals surface area contributed by atoms with Crippen LogP contribution in [0.5, 0.6) is 11.5 Å². The van der Waals surface area contributed by atoms with Gasteiger partial charge in [-0.2, -0.15) is 10.5 Å². The first-order chi connectivity index (χ1) is 13.6. The molecule has 2 bridgehead atoms. The number of nitrogens with zero attached hydrogens (tertiary/aromatic N) is 3. The van der Waals surface area contributed by atoms with Gasteiger partial charge in [0.15, 0.2) is 11.5 Å². The first-order valence-corrected chi connectivity index (χ1v) is 10.4. The van der Waals surface area contributed by atoms with Gasteiger partial charge in [0.05, 0.1) is 37.8 Å². The summed E-state index contributed by atoms with van der Waals surface area (Å²) < 4.78 is 11.2. The highest BCUT2D eigenvalue weighted by Crippen LogP contribution is 2.67. The lowest BCUT2D eigenvalue weighted by Gasteiger charge is -2.61. The maximum atomic E-state index is 10.3. The zero-order chi connectivity index (χ0) is 19.9. The summed E-state index contributed by atoms with van der Waals surface area (Å²) in [5.74, 6) is 1.42. The molecule has 4 atom stereocenters. The van der Waals surface area contributed by atoms with Crippen molar-refractivity contribution in [3.8, 4) is 23.6 Å². The van der Waals surface area contributed by atoms with Crippen molar-refractivity contribution in [1.82, 2.24) is 4.90 Å². The third-order valence-electron chi connectivity index (χ3n) is 7.86. The minimum Gasteiger partial charge on any atom is -0.493 e. The molecule has 1 aromatic rings. The van der Waals surface area contributed by atoms with E-state index in [0.717, 1.165) is 56.6 Å². The molecule has 0 spiro atoms. The topological polar surface area (TPSA) is 69.3 Å². The Morgan fingerprint density at radius 3 is 2.61 bits per heavy atom. The Morgan fingerprint density at radius 1 is 1.21 bits per heavy atom. The SMILES string of the molecule is CC[C@]1(CCC#N)CC[C@H]2C[C@H](C#N)[C@@]13c1cc(OC)c(OC)cc1CCN23. The fourth-order valence-electron chi connectivity index (χ4n) is 6.73. The second-order valence-electron chi connectivity index (χ2n) is 8.48. The van der Waals surface area contributed by atoms with E-state index >= 15 is 0 Å². The lowest BCUT2D eigenvalue weighted by molar-refractivity contribution is -0.0977. The van der Waals surface area contributed by atoms with Gasteiger partial charge in [-0.15, -0.1) is 0 Å². The van der Waals surface area contributed by atoms with Crippen molar-refractivity contribution in [1.29, 1.82) is 10.5 Å². The normalized spacial score (nSPS) is 33.3. The zero-order valence-corrected chi connectivity index (χ0v) is 17.1. The van der Waals surface area contributed by atoms with Gasteiger partial charge in [0, 0.05) is 19.0 Å². The fraction of sp³-hybridized carbons (Fsp3) is 0.652. The summed E-state index contributed by atoms with van der Waals surface area (Å²) in [5.41, 5.74) is 2.12. The second kappa shape index (κ2) is 6.98. The number of fused-ring (bicyclic) bond motifs is 1. The molecular weight excluding hydrogens is 350 g/mol. The minimum atomic E-state index is -0.330. The third kappa shape index (κ3) is 2.26. The summed E-state index contributed by atoms with van der Waals surface area (Å²) in [6, 6.07) is 9.79. The van der Waals surface area contributed by atoms with Gasteiger partial charge in [-0.05, 0) is 67.2 Å². The molecular formula is C23H29N3O2. The average Bonchev–Trinajstić information content (AvgIpc) is 3.01. The monoisotopic (exact) mass is 379 g/mol. The molecule has 148 valence electrons. The average molecular weight is 380 g/mol. The highest BCUT2D eigenvalue weighted by atomic mass is 16.5. The van der Waals surface area contributed by atoms with Crippen molar-refractivity contribution < 1.29 is 9.47 Å². The molecule has 0 aliphatic carbocycles. The Kier molecular flexibility index (Phi) is 4.76. The van der Waals surface area contributed by atoms with Crippen LogP contribution in [-0.2, 0) is 12.0 Å². The van der Waals surface area contributed by atoms with Gasteiger partial charge in [-0.1, -0.05) is 6.92 Å². The zero-order valence-electron chi connectivity index (χ0n) is 17.1. The van der Waals surface area contributed by atoms with Crippen LogP contribution in [0.2, 0.25) is 0 Å². The predicted molar refractivity (Wildman–Crippen MR) is 106 cm³/mol. The predicted octanol–water partition coefficient (Wildman–Crippen LogP) is 4.16. The number of methoxy groups -OCH3 is 2. The van der Waals surface area contributed by atoms with Gasteiger partial charge < -0.3 is 9.47 Å². The summed E-state index contributed by atoms with van der Waals surface area (Å²) in [7, 11) is 3.34. The summed E-state index contributed by atoms with van der Waals surface area (Å²) in [5, 5.41) is 19.6. The van der Waals surface area contributed by atoms with Crippen molar-refractivity contribution in [3.63, 3.8) is 0 Å². The molecule has 1 aromatic carbocycles. The number of hydrogen-bond acceptors (Lipinski definition) is 5. The van der Waals surface area contributed by atoms with E-state index in [9.17, 15) is 10.5 Å². The molecule has 0 aromatic heterocycles. The molecule has 0 unspecified atom stereocenters. The van der Waals surface area contributed by atoms with Crippen LogP contribution >= 0.6 is 0 Å². The van der Waals surface area contributed by atoms with Gasteiger partial charge in [0.2, 0.25) is 0 Å². The maximum absolute atomic E-state index is 10.3. The number of ether oxygens (including phenoxy) is 2. The second-order valence-corrected chi connectivity index (χ2v) is 8.48. The largest absolute Gasteiger partial charge is 0.493 e. The fourth-order valence-corrected chi connectivity index (χ4v) is 6.73. The summed E-state index contributed by atoms with van der Waals surface area (Å²) in [6.07, 6.45) is 6.46. The molecule has 3 aliphatic rings. The summed E-state index contributed by atoms with van der Waals surface area (Å²) in [4.78, 5) is 2.64. The van der Waals surface area contributed by atoms with Gasteiger partial charge in [-0.25, -0.2) is 0 Å². The van der Waals surface area contributed by atoms with E-state index in [1.807, 2.05) is 0 Å². The van der Waals surface area contributed by atoms with Gasteiger partial charge in [0.25, 0.3) is 0 Å². The van der Waals surface area contributed by atoms with E-state index in [-0.39, 0.29) is 16.9 Å². The molecule has 0 N–H and O–H groups in total. The van der Waals surface area contributed by atoms with Crippen LogP contribution in [0.1, 0.15) is 56.6 Å². The smallest absolute Gasteiger partial charge is 0.161 e. The van der Waals surface area contributed by atoms with Crippen LogP contribution in [-0.4, -0.2) is 31.7 Å². The molecule has 3 heterocycles. The lowest BCUT2D eigenvalue weighted by atomic mass is 9.53. The summed E-state index contributed by atoms with van der Waals surface area (Å²) >= 11 is 0. The number of benzene rings is 1. The molecule has 2 fully saturated rings. The van der Waals surface area contributed by atoms with Crippen LogP contribution in [0.15, 0.2) is 12.1 Å². The Bertz CT molecular complexity index is 855. The molecule has 3 aliphatic heterocycles. The van der Waals surface area contributed by atoms with Crippen LogP contribution in [0.4, 0.5) is 0 Å². The highest BCUT2D eigenvalue weighted by Gasteiger charge is 2.68. The minimum absolute atomic E-state index is 0.0595. The quantitative estimate of drug-likeness (QED) is 0.768. The lowest BCUT2D eigenvalue weighted by Crippen LogP contribution is -2.63. The van der Waals surface area contributed by atoms with Crippen molar-refractivity contribution in [2.45, 2.75) is 63.5 Å². The van der Waals surface area contributed by atoms with Crippen LogP contribution in [0.3, 0.4) is 0 Å². The third-order valence-corrected chi connectivity index (χ3v) is 7.86. The van der Waals surface area contributed by atoms with E-state index < -0.39 is 0 Å². The standard InChI is InChI=1S/C23H29N3O2/c1-4-22(8-5-10-24)9-6-18-13-17(15-25)23(22)19-14-21(28-3)20(27-2)12-16(19)7-11-26(18)23/h12,14,17-18H,4-9,11,13H2,1-3H3/t17-,18+,22+,23-/m1/s1. The molecule has 2 saturated heterocycles. The van der Waals surface area contributed by atoms with Crippen molar-refractivity contribution in [2.75, 3.05) is 20.8 Å². The number of hydrogen-bond donors (Lipinski definition) is 0. The molecule has 0 radical (unpaired) electrons. The Morgan fingerprint density at radius 2 is 1.96 bits per heavy atom. The Labute approximate surface area is 167 Å². The molecule has 28 heavy (non-hydrogen) atoms. The van der Waals surface area contributed by atoms with E-state index in [1.165, 1.54) is 11.1 Å². The molecule has 5 nitrogen and oxygen atoms in total. The maximum Gasteiger partial charge on any atom is 0.161 e. The first-order valence-electron chi connectivity index (χ1n) is 10.4. The van der Waals surface area contributed by atoms with E-state index in [2.05, 4.69) is 36.1 Å². The van der Waals surface area contributed by atoms with Crippen LogP contribution < -0.4 is 9.47 Å². The van der Waals surface area contributed by atoms with Crippen molar-refractivity contribution in [2.24, 2.45) is 11.3 Å². The molecule has 4 rings (SSSR count). The number of rotatable bonds is 5. The van der Waals surface area contributed by atoms with Crippen molar-refractivity contribution in [3.05, 3.63) is 23.3 Å². The molecule has 5 heteroatoms. The number of piperidine rings is 1. The summed E-state index contributed by atoms with van der Waals surface area (Å²) in [6.45, 7) is 3.21. The van der Waals surface area contributed by atoms with Gasteiger partial charge in [0.1, 0.15) is 0 Å². The van der Waals surface area contributed by atoms with Crippen LogP contribution in [0.25, 0.3) is 0 Å². The van der Waals surface area contributed by atoms with Gasteiger partial charge in [-0.3, -0.25) is 4.90 Å². The van der Waals surface area contributed by atoms with Crippen molar-refractivity contribution >= 4 is 0 Å².